The summed E-state index contributed by atoms with van der Waals surface area (Å²) < 4.78 is 11.0. The first-order valence-corrected chi connectivity index (χ1v) is 7.95. The maximum atomic E-state index is 10.9. The van der Waals surface area contributed by atoms with Crippen LogP contribution in [0.4, 0.5) is 5.69 Å². The number of hydrogen-bond donors (Lipinski definition) is 0. The van der Waals surface area contributed by atoms with E-state index in [0.717, 1.165) is 5.56 Å². The van der Waals surface area contributed by atoms with Crippen molar-refractivity contribution in [2.45, 2.75) is 5.22 Å². The van der Waals surface area contributed by atoms with Gasteiger partial charge in [-0.05, 0) is 18.2 Å². The average Bonchev–Trinajstić information content (AvgIpc) is 3.09. The molecule has 0 amide bonds. The van der Waals surface area contributed by atoms with Crippen LogP contribution in [0.3, 0.4) is 0 Å². The van der Waals surface area contributed by atoms with Crippen LogP contribution in [0.25, 0.3) is 11.5 Å². The second-order valence-electron chi connectivity index (χ2n) is 4.53. The highest BCUT2D eigenvalue weighted by molar-refractivity contribution is 7.99. The highest BCUT2D eigenvalue weighted by Crippen LogP contribution is 2.27. The van der Waals surface area contributed by atoms with Crippen LogP contribution in [0.15, 0.2) is 58.4 Å². The van der Waals surface area contributed by atoms with Gasteiger partial charge in [-0.2, -0.15) is 0 Å². The van der Waals surface area contributed by atoms with E-state index >= 15 is 0 Å². The van der Waals surface area contributed by atoms with Gasteiger partial charge in [-0.3, -0.25) is 15.1 Å². The van der Waals surface area contributed by atoms with E-state index in [4.69, 9.17) is 9.15 Å². The molecule has 0 unspecified atom stereocenters. The van der Waals surface area contributed by atoms with E-state index < -0.39 is 4.92 Å². The number of aromatic nitrogens is 3. The summed E-state index contributed by atoms with van der Waals surface area (Å²) in [7, 11) is 0. The van der Waals surface area contributed by atoms with Crippen molar-refractivity contribution in [2.24, 2.45) is 0 Å². The largest absolute Gasteiger partial charge is 0.486 e. The van der Waals surface area contributed by atoms with E-state index in [9.17, 15) is 10.1 Å². The van der Waals surface area contributed by atoms with E-state index in [-0.39, 0.29) is 18.0 Å². The Bertz CT molecular complexity index is 825. The predicted molar refractivity (Wildman–Crippen MR) is 86.8 cm³/mol. The molecule has 9 heteroatoms. The van der Waals surface area contributed by atoms with Gasteiger partial charge in [-0.1, -0.05) is 23.9 Å². The van der Waals surface area contributed by atoms with E-state index in [2.05, 4.69) is 15.2 Å². The molecule has 0 atom stereocenters. The molecule has 0 aliphatic heterocycles. The Balaban J connectivity index is 1.53. The van der Waals surface area contributed by atoms with Crippen LogP contribution in [0.5, 0.6) is 5.75 Å². The summed E-state index contributed by atoms with van der Waals surface area (Å²) in [5.74, 6) is 1.18. The maximum Gasteiger partial charge on any atom is 0.310 e. The molecule has 0 saturated heterocycles. The molecule has 3 rings (SSSR count). The molecular weight excluding hydrogens is 332 g/mol. The zero-order chi connectivity index (χ0) is 16.8. The quantitative estimate of drug-likeness (QED) is 0.278. The Kier molecular flexibility index (Phi) is 5.02. The van der Waals surface area contributed by atoms with Gasteiger partial charge in [0.25, 0.3) is 5.22 Å². The Hall–Kier alpha value is -2.94. The van der Waals surface area contributed by atoms with E-state index in [1.165, 1.54) is 17.8 Å². The molecule has 0 aliphatic rings. The van der Waals surface area contributed by atoms with Gasteiger partial charge >= 0.3 is 5.69 Å². The van der Waals surface area contributed by atoms with Crippen LogP contribution in [0, 0.1) is 10.1 Å². The molecule has 122 valence electrons. The lowest BCUT2D eigenvalue weighted by Crippen LogP contribution is -2.02. The minimum Gasteiger partial charge on any atom is -0.486 e. The molecule has 0 bridgehead atoms. The molecule has 0 N–H and O–H groups in total. The van der Waals surface area contributed by atoms with Gasteiger partial charge in [-0.25, -0.2) is 0 Å². The number of rotatable bonds is 7. The van der Waals surface area contributed by atoms with Crippen LogP contribution in [-0.4, -0.2) is 32.5 Å². The Morgan fingerprint density at radius 2 is 1.96 bits per heavy atom. The number of ether oxygens (including phenoxy) is 1. The summed E-state index contributed by atoms with van der Waals surface area (Å²) >= 11 is 1.32. The first-order valence-electron chi connectivity index (χ1n) is 6.97. The van der Waals surface area contributed by atoms with Crippen molar-refractivity contribution in [2.75, 3.05) is 12.4 Å². The average molecular weight is 344 g/mol. The van der Waals surface area contributed by atoms with Gasteiger partial charge in [0.15, 0.2) is 5.75 Å². The highest BCUT2D eigenvalue weighted by Gasteiger charge is 2.14. The van der Waals surface area contributed by atoms with Crippen molar-refractivity contribution in [1.82, 2.24) is 15.2 Å². The van der Waals surface area contributed by atoms with Crippen molar-refractivity contribution >= 4 is 17.4 Å². The van der Waals surface area contributed by atoms with E-state index in [1.807, 2.05) is 0 Å². The number of hydrogen-bond acceptors (Lipinski definition) is 8. The molecule has 0 radical (unpaired) electrons. The summed E-state index contributed by atoms with van der Waals surface area (Å²) in [5.41, 5.74) is 0.737. The SMILES string of the molecule is O=[N+]([O-])c1ccccc1OCCSc1nnc(-c2ccncc2)o1. The number of nitro benzene ring substituents is 1. The maximum absolute atomic E-state index is 10.9. The number of pyridine rings is 1. The first-order chi connectivity index (χ1) is 11.7. The van der Waals surface area contributed by atoms with E-state index in [0.29, 0.717) is 16.9 Å². The zero-order valence-electron chi connectivity index (χ0n) is 12.4. The fourth-order valence-electron chi connectivity index (χ4n) is 1.89. The fraction of sp³-hybridized carbons (Fsp3) is 0.133. The Morgan fingerprint density at radius 3 is 2.75 bits per heavy atom. The lowest BCUT2D eigenvalue weighted by Gasteiger charge is -2.05. The predicted octanol–water partition coefficient (Wildman–Crippen LogP) is 3.21. The number of para-hydroxylation sites is 2. The third-order valence-electron chi connectivity index (χ3n) is 2.96. The van der Waals surface area contributed by atoms with Gasteiger partial charge in [0.1, 0.15) is 0 Å². The molecule has 8 nitrogen and oxygen atoms in total. The highest BCUT2D eigenvalue weighted by atomic mass is 32.2. The van der Waals surface area contributed by atoms with Crippen molar-refractivity contribution in [3.63, 3.8) is 0 Å². The third kappa shape index (κ3) is 3.87. The smallest absolute Gasteiger partial charge is 0.310 e. The number of nitrogens with zero attached hydrogens (tertiary/aromatic N) is 4. The van der Waals surface area contributed by atoms with Crippen molar-refractivity contribution in [1.29, 1.82) is 0 Å². The van der Waals surface area contributed by atoms with E-state index in [1.54, 1.807) is 42.7 Å². The fourth-order valence-corrected chi connectivity index (χ4v) is 2.47. The van der Waals surface area contributed by atoms with Crippen molar-refractivity contribution < 1.29 is 14.1 Å². The summed E-state index contributed by atoms with van der Waals surface area (Å²) in [5, 5.41) is 19.2. The molecule has 2 heterocycles. The standard InChI is InChI=1S/C15H12N4O4S/c20-19(21)12-3-1-2-4-13(12)22-9-10-24-15-18-17-14(23-15)11-5-7-16-8-6-11/h1-8H,9-10H2. The minimum atomic E-state index is -0.471. The molecule has 1 aromatic carbocycles. The topological polar surface area (TPSA) is 104 Å². The molecule has 0 fully saturated rings. The molecule has 0 saturated carbocycles. The van der Waals surface area contributed by atoms with Gasteiger partial charge in [0, 0.05) is 29.8 Å². The zero-order valence-corrected chi connectivity index (χ0v) is 13.2. The Labute approximate surface area is 141 Å². The monoisotopic (exact) mass is 344 g/mol. The normalized spacial score (nSPS) is 10.5. The lowest BCUT2D eigenvalue weighted by atomic mass is 10.3. The van der Waals surface area contributed by atoms with Gasteiger partial charge in [0.2, 0.25) is 5.89 Å². The minimum absolute atomic E-state index is 0.0553. The number of thioether (sulfide) groups is 1. The van der Waals surface area contributed by atoms with Gasteiger partial charge in [0.05, 0.1) is 11.5 Å². The van der Waals surface area contributed by atoms with Crippen molar-refractivity contribution in [3.8, 4) is 17.2 Å². The Morgan fingerprint density at radius 1 is 1.17 bits per heavy atom. The van der Waals surface area contributed by atoms with Gasteiger partial charge in [-0.15, -0.1) is 10.2 Å². The van der Waals surface area contributed by atoms with Crippen LogP contribution in [-0.2, 0) is 0 Å². The van der Waals surface area contributed by atoms with Crippen LogP contribution >= 0.6 is 11.8 Å². The second kappa shape index (κ2) is 7.55. The molecule has 0 spiro atoms. The van der Waals surface area contributed by atoms with Crippen LogP contribution in [0.2, 0.25) is 0 Å². The molecular formula is C15H12N4O4S. The second-order valence-corrected chi connectivity index (χ2v) is 5.58. The molecule has 0 aliphatic carbocycles. The van der Waals surface area contributed by atoms with Crippen LogP contribution in [0.1, 0.15) is 0 Å². The van der Waals surface area contributed by atoms with Crippen molar-refractivity contribution in [3.05, 3.63) is 58.9 Å². The number of nitro groups is 1. The van der Waals surface area contributed by atoms with Gasteiger partial charge < -0.3 is 9.15 Å². The summed E-state index contributed by atoms with van der Waals surface area (Å²) in [6, 6.07) is 9.81. The summed E-state index contributed by atoms with van der Waals surface area (Å²) in [6.45, 7) is 0.280. The first kappa shape index (κ1) is 15.9. The van der Waals surface area contributed by atoms with Crippen LogP contribution < -0.4 is 4.74 Å². The summed E-state index contributed by atoms with van der Waals surface area (Å²) in [4.78, 5) is 14.4. The molecule has 24 heavy (non-hydrogen) atoms. The molecule has 3 aromatic rings. The summed E-state index contributed by atoms with van der Waals surface area (Å²) in [6.07, 6.45) is 3.29. The number of benzene rings is 1. The lowest BCUT2D eigenvalue weighted by molar-refractivity contribution is -0.385. The third-order valence-corrected chi connectivity index (χ3v) is 3.74. The molecule has 2 aromatic heterocycles.